The zero-order valence-electron chi connectivity index (χ0n) is 20.5. The van der Waals surface area contributed by atoms with Crippen LogP contribution in [0.15, 0.2) is 57.8 Å². The molecule has 0 unspecified atom stereocenters. The normalized spacial score (nSPS) is 11.0. The van der Waals surface area contributed by atoms with Crippen molar-refractivity contribution in [1.29, 1.82) is 0 Å². The van der Waals surface area contributed by atoms with Gasteiger partial charge in [-0.3, -0.25) is 4.79 Å². The summed E-state index contributed by atoms with van der Waals surface area (Å²) in [6.45, 7) is 5.62. The highest BCUT2D eigenvalue weighted by molar-refractivity contribution is 5.97. The molecule has 3 rings (SSSR count). The molecule has 0 atom stereocenters. The minimum Gasteiger partial charge on any atom is -0.490 e. The Morgan fingerprint density at radius 3 is 2.53 bits per heavy atom. The molecule has 2 aromatic carbocycles. The molecule has 0 saturated carbocycles. The molecule has 1 aromatic heterocycles. The predicted molar refractivity (Wildman–Crippen MR) is 135 cm³/mol. The van der Waals surface area contributed by atoms with Gasteiger partial charge < -0.3 is 28.7 Å². The van der Waals surface area contributed by atoms with Crippen molar-refractivity contribution in [2.45, 2.75) is 20.3 Å². The van der Waals surface area contributed by atoms with Gasteiger partial charge in [-0.1, -0.05) is 6.07 Å². The summed E-state index contributed by atoms with van der Waals surface area (Å²) in [4.78, 5) is 36.9. The Hall–Kier alpha value is -4.11. The van der Waals surface area contributed by atoms with E-state index < -0.39 is 17.5 Å². The summed E-state index contributed by atoms with van der Waals surface area (Å²) in [6.07, 6.45) is 3.50. The lowest BCUT2D eigenvalue weighted by Gasteiger charge is -2.11. The summed E-state index contributed by atoms with van der Waals surface area (Å²) in [5.41, 5.74) is 0.0413. The molecule has 190 valence electrons. The second-order valence-corrected chi connectivity index (χ2v) is 7.58. The van der Waals surface area contributed by atoms with E-state index in [1.807, 2.05) is 13.8 Å². The van der Waals surface area contributed by atoms with E-state index in [9.17, 15) is 14.4 Å². The molecule has 9 heteroatoms. The third-order valence-corrected chi connectivity index (χ3v) is 4.96. The summed E-state index contributed by atoms with van der Waals surface area (Å²) in [6, 6.07) is 11.4. The molecule has 0 saturated heterocycles. The maximum atomic E-state index is 12.3. The lowest BCUT2D eigenvalue weighted by Crippen LogP contribution is -2.29. The van der Waals surface area contributed by atoms with Gasteiger partial charge in [0.15, 0.2) is 11.5 Å². The first-order valence-corrected chi connectivity index (χ1v) is 11.6. The van der Waals surface area contributed by atoms with Crippen LogP contribution >= 0.6 is 0 Å². The van der Waals surface area contributed by atoms with Crippen LogP contribution in [0.3, 0.4) is 0 Å². The number of amides is 1. The van der Waals surface area contributed by atoms with Gasteiger partial charge in [-0.2, -0.15) is 0 Å². The first kappa shape index (κ1) is 26.5. The number of carbonyl (C=O) groups is 2. The van der Waals surface area contributed by atoms with Crippen molar-refractivity contribution < 1.29 is 33.0 Å². The lowest BCUT2D eigenvalue weighted by atomic mass is 10.1. The van der Waals surface area contributed by atoms with Crippen LogP contribution in [0, 0.1) is 0 Å². The van der Waals surface area contributed by atoms with Gasteiger partial charge in [-0.25, -0.2) is 9.59 Å². The van der Waals surface area contributed by atoms with Gasteiger partial charge in [0.2, 0.25) is 0 Å². The molecular formula is C27H29NO8. The van der Waals surface area contributed by atoms with Crippen molar-refractivity contribution in [1.82, 2.24) is 5.32 Å². The molecule has 0 radical (unpaired) electrons. The fourth-order valence-electron chi connectivity index (χ4n) is 3.31. The molecule has 3 aromatic rings. The summed E-state index contributed by atoms with van der Waals surface area (Å²) < 4.78 is 26.7. The van der Waals surface area contributed by atoms with E-state index in [2.05, 4.69) is 5.32 Å². The van der Waals surface area contributed by atoms with E-state index >= 15 is 0 Å². The van der Waals surface area contributed by atoms with E-state index in [0.717, 1.165) is 5.56 Å². The van der Waals surface area contributed by atoms with Crippen LogP contribution in [-0.4, -0.2) is 45.4 Å². The lowest BCUT2D eigenvalue weighted by molar-refractivity contribution is -0.128. The monoisotopic (exact) mass is 495 g/mol. The van der Waals surface area contributed by atoms with Crippen molar-refractivity contribution in [3.8, 4) is 17.2 Å². The molecule has 0 spiro atoms. The first-order valence-electron chi connectivity index (χ1n) is 11.6. The van der Waals surface area contributed by atoms with Crippen LogP contribution in [-0.2, 0) is 9.53 Å². The number of nitrogens with one attached hydrogen (secondary N) is 1. The van der Waals surface area contributed by atoms with E-state index in [0.29, 0.717) is 49.7 Å². The molecule has 0 aliphatic carbocycles. The SMILES string of the molecule is CCOc1ccc(/C=C/C(=O)Oc2ccc3cc(C(=O)NCCCOC)c(=O)oc3c2)cc1OCC. The van der Waals surface area contributed by atoms with Crippen LogP contribution in [0.4, 0.5) is 0 Å². The summed E-state index contributed by atoms with van der Waals surface area (Å²) in [5, 5.41) is 3.17. The van der Waals surface area contributed by atoms with Gasteiger partial charge in [-0.05, 0) is 62.2 Å². The van der Waals surface area contributed by atoms with Crippen molar-refractivity contribution >= 4 is 28.9 Å². The van der Waals surface area contributed by atoms with Gasteiger partial charge in [0.05, 0.1) is 13.2 Å². The Kier molecular flexibility index (Phi) is 9.64. The topological polar surface area (TPSA) is 113 Å². The third kappa shape index (κ3) is 7.19. The number of esters is 1. The zero-order chi connectivity index (χ0) is 25.9. The van der Waals surface area contributed by atoms with Gasteiger partial charge in [-0.15, -0.1) is 0 Å². The minimum absolute atomic E-state index is 0.102. The average Bonchev–Trinajstić information content (AvgIpc) is 2.86. The quantitative estimate of drug-likeness (QED) is 0.132. The molecule has 1 N–H and O–H groups in total. The van der Waals surface area contributed by atoms with Crippen LogP contribution in [0.1, 0.15) is 36.2 Å². The largest absolute Gasteiger partial charge is 0.490 e. The van der Waals surface area contributed by atoms with Gasteiger partial charge in [0, 0.05) is 37.8 Å². The molecule has 0 aliphatic heterocycles. The van der Waals surface area contributed by atoms with Crippen molar-refractivity contribution in [2.75, 3.05) is 33.5 Å². The van der Waals surface area contributed by atoms with Crippen molar-refractivity contribution in [3.63, 3.8) is 0 Å². The number of carbonyl (C=O) groups excluding carboxylic acids is 2. The highest BCUT2D eigenvalue weighted by Crippen LogP contribution is 2.29. The van der Waals surface area contributed by atoms with Gasteiger partial charge >= 0.3 is 11.6 Å². The Bertz CT molecular complexity index is 1290. The molecule has 36 heavy (non-hydrogen) atoms. The maximum Gasteiger partial charge on any atom is 0.349 e. The van der Waals surface area contributed by atoms with Gasteiger partial charge in [0.1, 0.15) is 16.9 Å². The second-order valence-electron chi connectivity index (χ2n) is 7.58. The van der Waals surface area contributed by atoms with E-state index in [4.69, 9.17) is 23.4 Å². The smallest absolute Gasteiger partial charge is 0.349 e. The van der Waals surface area contributed by atoms with Gasteiger partial charge in [0.25, 0.3) is 5.91 Å². The van der Waals surface area contributed by atoms with Crippen molar-refractivity contribution in [3.05, 3.63) is 70.1 Å². The van der Waals surface area contributed by atoms with Crippen LogP contribution < -0.4 is 25.2 Å². The Morgan fingerprint density at radius 2 is 1.78 bits per heavy atom. The molecule has 1 heterocycles. The number of methoxy groups -OCH3 is 1. The Labute approximate surface area is 208 Å². The minimum atomic E-state index is -0.782. The molecule has 0 fully saturated rings. The number of hydrogen-bond donors (Lipinski definition) is 1. The summed E-state index contributed by atoms with van der Waals surface area (Å²) >= 11 is 0. The maximum absolute atomic E-state index is 12.3. The fourth-order valence-corrected chi connectivity index (χ4v) is 3.31. The number of ether oxygens (including phenoxy) is 4. The number of fused-ring (bicyclic) bond motifs is 1. The average molecular weight is 496 g/mol. The number of benzene rings is 2. The Balaban J connectivity index is 1.69. The number of hydrogen-bond acceptors (Lipinski definition) is 8. The van der Waals surface area contributed by atoms with Crippen LogP contribution in [0.5, 0.6) is 17.2 Å². The highest BCUT2D eigenvalue weighted by atomic mass is 16.5. The zero-order valence-corrected chi connectivity index (χ0v) is 20.5. The highest BCUT2D eigenvalue weighted by Gasteiger charge is 2.14. The van der Waals surface area contributed by atoms with E-state index in [-0.39, 0.29) is 16.9 Å². The Morgan fingerprint density at radius 1 is 1.00 bits per heavy atom. The standard InChI is InChI=1S/C27H29NO8/c1-4-33-22-11-7-18(15-24(22)34-5-2)8-12-25(29)35-20-10-9-19-16-21(27(31)36-23(19)17-20)26(30)28-13-6-14-32-3/h7-12,15-17H,4-6,13-14H2,1-3H3,(H,28,30)/b12-8+. The predicted octanol–water partition coefficient (Wildman–Crippen LogP) is 3.98. The summed E-state index contributed by atoms with van der Waals surface area (Å²) in [5.74, 6) is 0.268. The molecule has 1 amide bonds. The van der Waals surface area contributed by atoms with E-state index in [1.165, 1.54) is 18.2 Å². The fraction of sp³-hybridized carbons (Fsp3) is 0.296. The third-order valence-electron chi connectivity index (χ3n) is 4.96. The molecule has 0 bridgehead atoms. The van der Waals surface area contributed by atoms with E-state index in [1.54, 1.807) is 43.5 Å². The molecule has 9 nitrogen and oxygen atoms in total. The second kappa shape index (κ2) is 13.1. The summed E-state index contributed by atoms with van der Waals surface area (Å²) in [7, 11) is 1.57. The molecular weight excluding hydrogens is 466 g/mol. The van der Waals surface area contributed by atoms with Crippen LogP contribution in [0.25, 0.3) is 17.0 Å². The van der Waals surface area contributed by atoms with Crippen LogP contribution in [0.2, 0.25) is 0 Å². The van der Waals surface area contributed by atoms with Crippen molar-refractivity contribution in [2.24, 2.45) is 0 Å². The molecule has 0 aliphatic rings. The number of rotatable bonds is 12. The first-order chi connectivity index (χ1) is 17.4.